The van der Waals surface area contributed by atoms with E-state index in [-0.39, 0.29) is 0 Å². The highest BCUT2D eigenvalue weighted by atomic mass is 16.5. The van der Waals surface area contributed by atoms with Crippen molar-refractivity contribution in [2.75, 3.05) is 54.1 Å². The fourth-order valence-electron chi connectivity index (χ4n) is 5.04. The molecule has 32 heavy (non-hydrogen) atoms. The van der Waals surface area contributed by atoms with E-state index < -0.39 is 0 Å². The minimum Gasteiger partial charge on any atom is -0.497 e. The van der Waals surface area contributed by atoms with Crippen LogP contribution in [0.4, 0.5) is 0 Å². The molecule has 3 rings (SSSR count). The number of hydrogen-bond donors (Lipinski definition) is 2. The molecule has 2 fully saturated rings. The molecule has 1 aromatic carbocycles. The molecule has 2 N–H and O–H groups in total. The van der Waals surface area contributed by atoms with Gasteiger partial charge in [-0.3, -0.25) is 9.89 Å². The average molecular weight is 447 g/mol. The molecule has 0 bridgehead atoms. The third-order valence-electron chi connectivity index (χ3n) is 6.93. The van der Waals surface area contributed by atoms with E-state index in [0.717, 1.165) is 69.7 Å². The fraction of sp³-hybridized carbons (Fsp3) is 0.720. The van der Waals surface area contributed by atoms with Crippen LogP contribution in [0, 0.1) is 5.41 Å². The van der Waals surface area contributed by atoms with Crippen LogP contribution in [0.2, 0.25) is 0 Å². The first-order valence-corrected chi connectivity index (χ1v) is 12.1. The quantitative estimate of drug-likeness (QED) is 0.308. The van der Waals surface area contributed by atoms with Crippen molar-refractivity contribution in [3.05, 3.63) is 23.8 Å². The maximum Gasteiger partial charge on any atom is 0.191 e. The Morgan fingerprint density at radius 3 is 2.50 bits per heavy atom. The summed E-state index contributed by atoms with van der Waals surface area (Å²) in [7, 11) is 5.26. The average Bonchev–Trinajstić information content (AvgIpc) is 3.46. The zero-order chi connectivity index (χ0) is 22.8. The lowest BCUT2D eigenvalue weighted by atomic mass is 9.83. The Labute approximate surface area is 193 Å². The van der Waals surface area contributed by atoms with Crippen molar-refractivity contribution in [3.63, 3.8) is 0 Å². The van der Waals surface area contributed by atoms with Gasteiger partial charge in [0.2, 0.25) is 0 Å². The molecule has 0 spiro atoms. The van der Waals surface area contributed by atoms with E-state index in [9.17, 15) is 0 Å². The minimum absolute atomic E-state index is 0.347. The van der Waals surface area contributed by atoms with Crippen LogP contribution < -0.4 is 20.1 Å². The second kappa shape index (κ2) is 12.3. The number of hydrogen-bond acceptors (Lipinski definition) is 5. The largest absolute Gasteiger partial charge is 0.497 e. The van der Waals surface area contributed by atoms with Gasteiger partial charge in [-0.25, -0.2) is 0 Å². The highest BCUT2D eigenvalue weighted by molar-refractivity contribution is 5.80. The maximum atomic E-state index is 5.66. The molecule has 1 saturated heterocycles. The van der Waals surface area contributed by atoms with E-state index >= 15 is 0 Å². The molecule has 180 valence electrons. The van der Waals surface area contributed by atoms with Gasteiger partial charge < -0.3 is 24.8 Å². The highest BCUT2D eigenvalue weighted by Gasteiger charge is 2.34. The molecule has 1 unspecified atom stereocenters. The summed E-state index contributed by atoms with van der Waals surface area (Å²) in [5.74, 6) is 2.59. The third-order valence-corrected chi connectivity index (χ3v) is 6.93. The van der Waals surface area contributed by atoms with Crippen LogP contribution in [0.15, 0.2) is 23.2 Å². The maximum absolute atomic E-state index is 5.66. The lowest BCUT2D eigenvalue weighted by Crippen LogP contribution is -2.47. The van der Waals surface area contributed by atoms with Gasteiger partial charge in [0, 0.05) is 58.5 Å². The van der Waals surface area contributed by atoms with Gasteiger partial charge in [-0.1, -0.05) is 12.8 Å². The van der Waals surface area contributed by atoms with Gasteiger partial charge in [0.15, 0.2) is 5.96 Å². The van der Waals surface area contributed by atoms with E-state index in [2.05, 4.69) is 39.6 Å². The van der Waals surface area contributed by atoms with E-state index in [4.69, 9.17) is 14.2 Å². The smallest absolute Gasteiger partial charge is 0.191 e. The summed E-state index contributed by atoms with van der Waals surface area (Å²) in [4.78, 5) is 6.98. The number of aliphatic imine (C=N–C) groups is 1. The summed E-state index contributed by atoms with van der Waals surface area (Å²) in [6, 6.07) is 6.50. The minimum atomic E-state index is 0.347. The zero-order valence-electron chi connectivity index (χ0n) is 20.4. The second-order valence-electron chi connectivity index (χ2n) is 9.17. The normalized spacial score (nSPS) is 21.0. The van der Waals surface area contributed by atoms with Crippen molar-refractivity contribution >= 4 is 5.96 Å². The topological polar surface area (TPSA) is 67.4 Å². The molecule has 1 aromatic rings. The van der Waals surface area contributed by atoms with Crippen LogP contribution in [0.25, 0.3) is 0 Å². The first-order valence-electron chi connectivity index (χ1n) is 12.1. The second-order valence-corrected chi connectivity index (χ2v) is 9.17. The summed E-state index contributed by atoms with van der Waals surface area (Å²) in [5.41, 5.74) is 1.56. The van der Waals surface area contributed by atoms with Crippen molar-refractivity contribution in [2.45, 2.75) is 58.0 Å². The van der Waals surface area contributed by atoms with Gasteiger partial charge in [-0.05, 0) is 55.7 Å². The molecule has 7 nitrogen and oxygen atoms in total. The predicted octanol–water partition coefficient (Wildman–Crippen LogP) is 3.43. The molecule has 1 aliphatic carbocycles. The Morgan fingerprint density at radius 2 is 1.88 bits per heavy atom. The van der Waals surface area contributed by atoms with Crippen LogP contribution in [-0.4, -0.2) is 71.0 Å². The molecule has 2 aliphatic rings. The van der Waals surface area contributed by atoms with Gasteiger partial charge >= 0.3 is 0 Å². The van der Waals surface area contributed by atoms with E-state index in [1.54, 1.807) is 14.2 Å². The van der Waals surface area contributed by atoms with Gasteiger partial charge in [-0.2, -0.15) is 0 Å². The molecular weight excluding hydrogens is 404 g/mol. The van der Waals surface area contributed by atoms with Crippen molar-refractivity contribution in [1.82, 2.24) is 15.5 Å². The number of rotatable bonds is 11. The number of likely N-dealkylation sites (tertiary alicyclic amines) is 1. The predicted molar refractivity (Wildman–Crippen MR) is 130 cm³/mol. The standard InChI is InChI=1S/C25H42N4O3/c1-5-32-13-11-25(9-6-7-10-25)19-27-24(26-2)28-21-8-12-29(18-21)17-20-14-22(30-3)16-23(15-20)31-4/h14-16,21H,5-13,17-19H2,1-4H3,(H2,26,27,28). The Morgan fingerprint density at radius 1 is 1.16 bits per heavy atom. The Kier molecular flexibility index (Phi) is 9.48. The van der Waals surface area contributed by atoms with E-state index in [0.29, 0.717) is 11.5 Å². The van der Waals surface area contributed by atoms with E-state index in [1.807, 2.05) is 13.1 Å². The molecular formula is C25H42N4O3. The highest BCUT2D eigenvalue weighted by Crippen LogP contribution is 2.40. The number of nitrogens with one attached hydrogen (secondary N) is 2. The molecule has 0 radical (unpaired) electrons. The summed E-state index contributed by atoms with van der Waals surface area (Å²) in [6.45, 7) is 7.64. The van der Waals surface area contributed by atoms with Crippen molar-refractivity contribution in [1.29, 1.82) is 0 Å². The third kappa shape index (κ3) is 7.01. The van der Waals surface area contributed by atoms with Gasteiger partial charge in [-0.15, -0.1) is 0 Å². The molecule has 1 heterocycles. The summed E-state index contributed by atoms with van der Waals surface area (Å²) < 4.78 is 16.5. The van der Waals surface area contributed by atoms with Crippen molar-refractivity contribution in [3.8, 4) is 11.5 Å². The number of guanidine groups is 1. The number of benzene rings is 1. The van der Waals surface area contributed by atoms with E-state index in [1.165, 1.54) is 31.2 Å². The lowest BCUT2D eigenvalue weighted by Gasteiger charge is -2.30. The summed E-state index contributed by atoms with van der Waals surface area (Å²) in [5, 5.41) is 7.28. The SMILES string of the molecule is CCOCCC1(CNC(=NC)NC2CCN(Cc3cc(OC)cc(OC)c3)C2)CCCC1. The van der Waals surface area contributed by atoms with Crippen LogP contribution >= 0.6 is 0 Å². The Hall–Kier alpha value is -1.99. The van der Waals surface area contributed by atoms with Crippen LogP contribution in [0.1, 0.15) is 51.0 Å². The summed E-state index contributed by atoms with van der Waals surface area (Å²) >= 11 is 0. The molecule has 1 saturated carbocycles. The van der Waals surface area contributed by atoms with Crippen LogP contribution in [0.5, 0.6) is 11.5 Å². The van der Waals surface area contributed by atoms with Crippen LogP contribution in [0.3, 0.4) is 0 Å². The van der Waals surface area contributed by atoms with Gasteiger partial charge in [0.1, 0.15) is 11.5 Å². The molecule has 7 heteroatoms. The first-order chi connectivity index (χ1) is 15.6. The molecule has 1 atom stereocenters. The molecule has 0 aromatic heterocycles. The monoisotopic (exact) mass is 446 g/mol. The van der Waals surface area contributed by atoms with Crippen molar-refractivity contribution in [2.24, 2.45) is 10.4 Å². The molecule has 1 aliphatic heterocycles. The first kappa shape index (κ1) is 24.6. The number of nitrogens with zero attached hydrogens (tertiary/aromatic N) is 2. The lowest BCUT2D eigenvalue weighted by molar-refractivity contribution is 0.105. The van der Waals surface area contributed by atoms with Gasteiger partial charge in [0.25, 0.3) is 0 Å². The van der Waals surface area contributed by atoms with Crippen LogP contribution in [-0.2, 0) is 11.3 Å². The number of ether oxygens (including phenoxy) is 3. The zero-order valence-corrected chi connectivity index (χ0v) is 20.4. The van der Waals surface area contributed by atoms with Crippen molar-refractivity contribution < 1.29 is 14.2 Å². The number of methoxy groups -OCH3 is 2. The van der Waals surface area contributed by atoms with Gasteiger partial charge in [0.05, 0.1) is 14.2 Å². The fourth-order valence-corrected chi connectivity index (χ4v) is 5.04. The molecule has 0 amide bonds. The Bertz CT molecular complexity index is 712. The summed E-state index contributed by atoms with van der Waals surface area (Å²) in [6.07, 6.45) is 7.46. The Balaban J connectivity index is 1.48.